The zero-order valence-electron chi connectivity index (χ0n) is 11.2. The van der Waals surface area contributed by atoms with E-state index in [2.05, 4.69) is 0 Å². The number of benzene rings is 1. The average molecular weight is 248 g/mol. The van der Waals surface area contributed by atoms with Crippen LogP contribution in [0.1, 0.15) is 33.3 Å². The van der Waals surface area contributed by atoms with Gasteiger partial charge >= 0.3 is 7.12 Å². The van der Waals surface area contributed by atoms with Gasteiger partial charge in [-0.05, 0) is 45.4 Å². The van der Waals surface area contributed by atoms with Crippen LogP contribution in [0.3, 0.4) is 0 Å². The molecule has 0 spiro atoms. The van der Waals surface area contributed by atoms with E-state index in [1.165, 1.54) is 12.1 Å². The topological polar surface area (TPSA) is 18.5 Å². The summed E-state index contributed by atoms with van der Waals surface area (Å²) in [7, 11) is -0.390. The molecule has 0 saturated carbocycles. The van der Waals surface area contributed by atoms with Crippen LogP contribution >= 0.6 is 0 Å². The van der Waals surface area contributed by atoms with Crippen LogP contribution in [0.25, 0.3) is 6.08 Å². The first-order valence-electron chi connectivity index (χ1n) is 6.10. The molecule has 0 atom stereocenters. The molecule has 0 amide bonds. The molecule has 2 nitrogen and oxygen atoms in total. The van der Waals surface area contributed by atoms with E-state index >= 15 is 0 Å². The summed E-state index contributed by atoms with van der Waals surface area (Å²) in [6.45, 7) is 8.01. The largest absolute Gasteiger partial charge is 0.487 e. The molecule has 0 unspecified atom stereocenters. The summed E-state index contributed by atoms with van der Waals surface area (Å²) >= 11 is 0. The lowest BCUT2D eigenvalue weighted by atomic mass is 9.89. The quantitative estimate of drug-likeness (QED) is 0.746. The molecule has 1 heterocycles. The zero-order chi connectivity index (χ0) is 13.4. The second-order valence-electron chi connectivity index (χ2n) is 5.54. The maximum atomic E-state index is 13.0. The van der Waals surface area contributed by atoms with Crippen molar-refractivity contribution in [3.63, 3.8) is 0 Å². The third-order valence-electron chi connectivity index (χ3n) is 3.57. The van der Waals surface area contributed by atoms with E-state index in [0.717, 1.165) is 5.56 Å². The average Bonchev–Trinajstić information content (AvgIpc) is 2.45. The van der Waals surface area contributed by atoms with Crippen molar-refractivity contribution in [3.05, 3.63) is 41.6 Å². The van der Waals surface area contributed by atoms with Crippen LogP contribution in [-0.2, 0) is 9.31 Å². The Bertz CT molecular complexity index is 453. The van der Waals surface area contributed by atoms with E-state index < -0.39 is 7.12 Å². The Kier molecular flexibility index (Phi) is 3.34. The van der Waals surface area contributed by atoms with Crippen LogP contribution in [0.2, 0.25) is 0 Å². The van der Waals surface area contributed by atoms with Crippen molar-refractivity contribution < 1.29 is 13.7 Å². The molecule has 1 fully saturated rings. The van der Waals surface area contributed by atoms with Gasteiger partial charge in [-0.25, -0.2) is 4.39 Å². The summed E-state index contributed by atoms with van der Waals surface area (Å²) in [6.07, 6.45) is 1.81. The molecule has 0 bridgehead atoms. The summed E-state index contributed by atoms with van der Waals surface area (Å²) in [5.41, 5.74) is 0.109. The van der Waals surface area contributed by atoms with Gasteiger partial charge in [0.25, 0.3) is 0 Å². The molecule has 1 aromatic carbocycles. The van der Waals surface area contributed by atoms with E-state index in [1.54, 1.807) is 6.07 Å². The number of rotatable bonds is 2. The fraction of sp³-hybridized carbons (Fsp3) is 0.429. The Hall–Kier alpha value is -1.13. The van der Waals surface area contributed by atoms with E-state index in [0.29, 0.717) is 0 Å². The van der Waals surface area contributed by atoms with Gasteiger partial charge in [0, 0.05) is 0 Å². The number of hydrogen-bond acceptors (Lipinski definition) is 2. The molecule has 18 heavy (non-hydrogen) atoms. The van der Waals surface area contributed by atoms with Crippen molar-refractivity contribution >= 4 is 13.2 Å². The van der Waals surface area contributed by atoms with Gasteiger partial charge in [-0.15, -0.1) is 0 Å². The van der Waals surface area contributed by atoms with Crippen molar-refractivity contribution in [1.82, 2.24) is 0 Å². The van der Waals surface area contributed by atoms with Crippen LogP contribution in [0.5, 0.6) is 0 Å². The molecule has 1 aromatic rings. The molecular formula is C14H18BFO2. The second-order valence-corrected chi connectivity index (χ2v) is 5.54. The van der Waals surface area contributed by atoms with Gasteiger partial charge in [-0.1, -0.05) is 24.2 Å². The molecule has 2 rings (SSSR count). The van der Waals surface area contributed by atoms with E-state index in [9.17, 15) is 4.39 Å². The van der Waals surface area contributed by atoms with Crippen LogP contribution in [-0.4, -0.2) is 18.3 Å². The van der Waals surface area contributed by atoms with Gasteiger partial charge in [0.05, 0.1) is 11.2 Å². The summed E-state index contributed by atoms with van der Waals surface area (Å²) in [4.78, 5) is 0. The maximum absolute atomic E-state index is 13.0. The van der Waals surface area contributed by atoms with Crippen LogP contribution in [0.15, 0.2) is 30.2 Å². The molecule has 1 aliphatic rings. The summed E-state index contributed by atoms with van der Waals surface area (Å²) in [6, 6.07) is 6.41. The van der Waals surface area contributed by atoms with Crippen LogP contribution in [0, 0.1) is 5.82 Å². The highest BCUT2D eigenvalue weighted by molar-refractivity contribution is 6.52. The second kappa shape index (κ2) is 4.52. The third-order valence-corrected chi connectivity index (χ3v) is 3.57. The van der Waals surface area contributed by atoms with Gasteiger partial charge in [-0.3, -0.25) is 0 Å². The molecule has 0 N–H and O–H groups in total. The Balaban J connectivity index is 2.08. The molecule has 4 heteroatoms. The van der Waals surface area contributed by atoms with Crippen molar-refractivity contribution in [1.29, 1.82) is 0 Å². The number of halogens is 1. The van der Waals surface area contributed by atoms with Gasteiger partial charge in [0.1, 0.15) is 5.82 Å². The molecule has 0 radical (unpaired) electrons. The molecule has 0 aliphatic carbocycles. The molecule has 1 aliphatic heterocycles. The van der Waals surface area contributed by atoms with Gasteiger partial charge in [0.15, 0.2) is 0 Å². The van der Waals surface area contributed by atoms with Gasteiger partial charge in [0.2, 0.25) is 0 Å². The Morgan fingerprint density at radius 1 is 1.11 bits per heavy atom. The Labute approximate surface area is 108 Å². The molecule has 1 saturated heterocycles. The SMILES string of the molecule is CC1(C)OB(/C=C\c2cccc(F)c2)OC1(C)C. The normalized spacial score (nSPS) is 21.7. The summed E-state index contributed by atoms with van der Waals surface area (Å²) < 4.78 is 24.6. The first kappa shape index (κ1) is 13.3. The minimum Gasteiger partial charge on any atom is -0.400 e. The van der Waals surface area contributed by atoms with Crippen molar-refractivity contribution in [3.8, 4) is 0 Å². The lowest BCUT2D eigenvalue weighted by Crippen LogP contribution is -2.41. The van der Waals surface area contributed by atoms with E-state index in [-0.39, 0.29) is 17.0 Å². The minimum absolute atomic E-state index is 0.244. The van der Waals surface area contributed by atoms with Gasteiger partial charge < -0.3 is 9.31 Å². The predicted octanol–water partition coefficient (Wildman–Crippen LogP) is 3.47. The maximum Gasteiger partial charge on any atom is 0.487 e. The summed E-state index contributed by atoms with van der Waals surface area (Å²) in [5.74, 6) is 1.57. The lowest BCUT2D eigenvalue weighted by Gasteiger charge is -2.32. The van der Waals surface area contributed by atoms with Gasteiger partial charge in [-0.2, -0.15) is 0 Å². The van der Waals surface area contributed by atoms with Crippen LogP contribution < -0.4 is 0 Å². The van der Waals surface area contributed by atoms with E-state index in [4.69, 9.17) is 9.31 Å². The van der Waals surface area contributed by atoms with Crippen molar-refractivity contribution in [2.75, 3.05) is 0 Å². The van der Waals surface area contributed by atoms with Crippen LogP contribution in [0.4, 0.5) is 4.39 Å². The monoisotopic (exact) mass is 248 g/mol. The summed E-state index contributed by atoms with van der Waals surface area (Å²) in [5, 5.41) is 0. The minimum atomic E-state index is -0.390. The standard InChI is InChI=1S/C14H18BFO2/c1-13(2)14(3,4)18-15(17-13)9-8-11-6-5-7-12(16)10-11/h5-10H,1-4H3/b9-8-. The fourth-order valence-electron chi connectivity index (χ4n) is 1.77. The number of hydrogen-bond donors (Lipinski definition) is 0. The zero-order valence-corrected chi connectivity index (χ0v) is 11.2. The third kappa shape index (κ3) is 2.65. The first-order chi connectivity index (χ1) is 8.30. The predicted molar refractivity (Wildman–Crippen MR) is 71.5 cm³/mol. The Morgan fingerprint density at radius 3 is 2.28 bits per heavy atom. The highest BCUT2D eigenvalue weighted by Gasteiger charge is 2.49. The molecule has 96 valence electrons. The Morgan fingerprint density at radius 2 is 1.72 bits per heavy atom. The van der Waals surface area contributed by atoms with Crippen molar-refractivity contribution in [2.24, 2.45) is 0 Å². The fourth-order valence-corrected chi connectivity index (χ4v) is 1.77. The lowest BCUT2D eigenvalue weighted by molar-refractivity contribution is 0.00578. The first-order valence-corrected chi connectivity index (χ1v) is 6.10. The molecule has 0 aromatic heterocycles. The highest BCUT2D eigenvalue weighted by Crippen LogP contribution is 2.36. The highest BCUT2D eigenvalue weighted by atomic mass is 19.1. The van der Waals surface area contributed by atoms with Crippen molar-refractivity contribution in [2.45, 2.75) is 38.9 Å². The molecular weight excluding hydrogens is 230 g/mol. The smallest absolute Gasteiger partial charge is 0.400 e. The van der Waals surface area contributed by atoms with E-state index in [1.807, 2.05) is 45.8 Å².